The van der Waals surface area contributed by atoms with Gasteiger partial charge in [-0.3, -0.25) is 9.78 Å². The number of rotatable bonds is 3. The second-order valence-electron chi connectivity index (χ2n) is 2.68. The van der Waals surface area contributed by atoms with Crippen molar-refractivity contribution in [3.8, 4) is 5.75 Å². The first-order valence-electron chi connectivity index (χ1n) is 3.71. The lowest BCUT2D eigenvalue weighted by Gasteiger charge is -2.08. The maximum absolute atomic E-state index is 10.3. The molecule has 1 atom stereocenters. The molecule has 5 heteroatoms. The first-order valence-corrected chi connectivity index (χ1v) is 3.71. The van der Waals surface area contributed by atoms with Crippen LogP contribution in [0, 0.1) is 0 Å². The van der Waals surface area contributed by atoms with Gasteiger partial charge in [-0.15, -0.1) is 0 Å². The molecule has 0 bridgehead atoms. The van der Waals surface area contributed by atoms with Gasteiger partial charge in [-0.2, -0.15) is 0 Å². The minimum absolute atomic E-state index is 0.0154. The minimum Gasteiger partial charge on any atom is -0.506 e. The molecule has 13 heavy (non-hydrogen) atoms. The number of aromatic hydroxyl groups is 1. The fourth-order valence-electron chi connectivity index (χ4n) is 0.954. The molecule has 1 aromatic heterocycles. The number of aromatic nitrogens is 1. The molecule has 0 unspecified atom stereocenters. The molecule has 0 aromatic carbocycles. The number of carboxylic acid groups (broad SMARTS) is 1. The van der Waals surface area contributed by atoms with E-state index >= 15 is 0 Å². The summed E-state index contributed by atoms with van der Waals surface area (Å²) in [7, 11) is 0. The van der Waals surface area contributed by atoms with E-state index in [1.165, 1.54) is 18.5 Å². The van der Waals surface area contributed by atoms with E-state index in [-0.39, 0.29) is 12.2 Å². The summed E-state index contributed by atoms with van der Waals surface area (Å²) in [5.74, 6) is -0.991. The zero-order valence-electron chi connectivity index (χ0n) is 6.84. The molecule has 5 nitrogen and oxygen atoms in total. The van der Waals surface area contributed by atoms with Crippen molar-refractivity contribution in [2.45, 2.75) is 12.5 Å². The zero-order valence-corrected chi connectivity index (χ0v) is 6.84. The van der Waals surface area contributed by atoms with E-state index in [1.807, 2.05) is 0 Å². The lowest BCUT2D eigenvalue weighted by atomic mass is 10.1. The lowest BCUT2D eigenvalue weighted by molar-refractivity contribution is -0.137. The molecule has 1 aromatic rings. The monoisotopic (exact) mass is 182 g/mol. The number of carboxylic acids is 1. The van der Waals surface area contributed by atoms with Crippen LogP contribution in [0.4, 0.5) is 0 Å². The Labute approximate surface area is 74.8 Å². The number of nitrogens with two attached hydrogens (primary N) is 1. The van der Waals surface area contributed by atoms with Gasteiger partial charge in [0.2, 0.25) is 0 Å². The number of carbonyl (C=O) groups is 1. The Morgan fingerprint density at radius 2 is 2.31 bits per heavy atom. The molecule has 0 radical (unpaired) electrons. The maximum atomic E-state index is 10.3. The van der Waals surface area contributed by atoms with E-state index < -0.39 is 12.0 Å². The largest absolute Gasteiger partial charge is 0.506 e. The second-order valence-corrected chi connectivity index (χ2v) is 2.68. The predicted octanol–water partition coefficient (Wildman–Crippen LogP) is 0.262. The maximum Gasteiger partial charge on any atom is 0.305 e. The Hall–Kier alpha value is -1.62. The summed E-state index contributed by atoms with van der Waals surface area (Å²) in [6.07, 6.45) is 2.52. The highest BCUT2D eigenvalue weighted by molar-refractivity contribution is 5.67. The Balaban J connectivity index is 2.76. The van der Waals surface area contributed by atoms with Crippen LogP contribution < -0.4 is 5.73 Å². The van der Waals surface area contributed by atoms with Crippen molar-refractivity contribution >= 4 is 5.97 Å². The Kier molecular flexibility index (Phi) is 2.81. The molecule has 0 fully saturated rings. The van der Waals surface area contributed by atoms with Crippen LogP contribution in [0.3, 0.4) is 0 Å². The summed E-state index contributed by atoms with van der Waals surface area (Å²) in [6, 6.07) is 0.776. The van der Waals surface area contributed by atoms with Gasteiger partial charge in [-0.1, -0.05) is 0 Å². The molecule has 0 aliphatic carbocycles. The smallest absolute Gasteiger partial charge is 0.305 e. The van der Waals surface area contributed by atoms with Gasteiger partial charge in [0.1, 0.15) is 5.75 Å². The standard InChI is InChI=1S/C8H10N2O3/c9-7(2-8(12)13)5-1-6(11)4-10-3-5/h1,3-4,7,11H,2,9H2,(H,12,13)/t7-/m0/s1. The average Bonchev–Trinajstić information content (AvgIpc) is 2.03. The summed E-state index contributed by atoms with van der Waals surface area (Å²) in [4.78, 5) is 14.0. The summed E-state index contributed by atoms with van der Waals surface area (Å²) in [6.45, 7) is 0. The summed E-state index contributed by atoms with van der Waals surface area (Å²) in [5, 5.41) is 17.5. The van der Waals surface area contributed by atoms with Crippen molar-refractivity contribution < 1.29 is 15.0 Å². The van der Waals surface area contributed by atoms with Crippen molar-refractivity contribution in [1.29, 1.82) is 0 Å². The highest BCUT2D eigenvalue weighted by Gasteiger charge is 2.10. The summed E-state index contributed by atoms with van der Waals surface area (Å²) in [5.41, 5.74) is 6.05. The van der Waals surface area contributed by atoms with Gasteiger partial charge < -0.3 is 15.9 Å². The molecule has 0 saturated heterocycles. The molecule has 0 saturated carbocycles. The van der Waals surface area contributed by atoms with E-state index in [0.717, 1.165) is 0 Å². The van der Waals surface area contributed by atoms with Crippen LogP contribution in [0.2, 0.25) is 0 Å². The van der Waals surface area contributed by atoms with Crippen molar-refractivity contribution in [3.05, 3.63) is 24.0 Å². The van der Waals surface area contributed by atoms with Gasteiger partial charge in [0, 0.05) is 12.2 Å². The van der Waals surface area contributed by atoms with Crippen molar-refractivity contribution in [3.63, 3.8) is 0 Å². The number of pyridine rings is 1. The van der Waals surface area contributed by atoms with Gasteiger partial charge in [0.25, 0.3) is 0 Å². The van der Waals surface area contributed by atoms with Crippen LogP contribution in [0.15, 0.2) is 18.5 Å². The topological polar surface area (TPSA) is 96.4 Å². The van der Waals surface area contributed by atoms with Crippen LogP contribution >= 0.6 is 0 Å². The fraction of sp³-hybridized carbons (Fsp3) is 0.250. The molecule has 70 valence electrons. The molecule has 1 rings (SSSR count). The van der Waals surface area contributed by atoms with Crippen molar-refractivity contribution in [2.24, 2.45) is 5.73 Å². The van der Waals surface area contributed by atoms with Gasteiger partial charge >= 0.3 is 5.97 Å². The quantitative estimate of drug-likeness (QED) is 0.623. The number of nitrogens with zero attached hydrogens (tertiary/aromatic N) is 1. The summed E-state index contributed by atoms with van der Waals surface area (Å²) < 4.78 is 0. The van der Waals surface area contributed by atoms with E-state index in [2.05, 4.69) is 4.98 Å². The highest BCUT2D eigenvalue weighted by Crippen LogP contribution is 2.16. The third kappa shape index (κ3) is 2.72. The van der Waals surface area contributed by atoms with E-state index in [1.54, 1.807) is 0 Å². The molecule has 1 heterocycles. The van der Waals surface area contributed by atoms with Gasteiger partial charge in [0.15, 0.2) is 0 Å². The lowest BCUT2D eigenvalue weighted by Crippen LogP contribution is -2.14. The normalized spacial score (nSPS) is 12.4. The highest BCUT2D eigenvalue weighted by atomic mass is 16.4. The Morgan fingerprint density at radius 3 is 2.85 bits per heavy atom. The molecule has 0 aliphatic rings. The van der Waals surface area contributed by atoms with E-state index in [9.17, 15) is 4.79 Å². The molecular weight excluding hydrogens is 172 g/mol. The number of hydrogen-bond acceptors (Lipinski definition) is 4. The molecule has 4 N–H and O–H groups in total. The summed E-state index contributed by atoms with van der Waals surface area (Å²) >= 11 is 0. The van der Waals surface area contributed by atoms with Crippen LogP contribution in [0.25, 0.3) is 0 Å². The molecule has 0 spiro atoms. The third-order valence-corrected chi connectivity index (χ3v) is 1.57. The second kappa shape index (κ2) is 3.86. The fourth-order valence-corrected chi connectivity index (χ4v) is 0.954. The third-order valence-electron chi connectivity index (χ3n) is 1.57. The first kappa shape index (κ1) is 9.47. The zero-order chi connectivity index (χ0) is 9.84. The molecule has 0 aliphatic heterocycles. The Bertz CT molecular complexity index is 314. The molecule has 0 amide bonds. The van der Waals surface area contributed by atoms with Crippen LogP contribution in [-0.4, -0.2) is 21.2 Å². The van der Waals surface area contributed by atoms with Gasteiger partial charge in [-0.25, -0.2) is 0 Å². The Morgan fingerprint density at radius 1 is 1.62 bits per heavy atom. The van der Waals surface area contributed by atoms with Crippen LogP contribution in [-0.2, 0) is 4.79 Å². The van der Waals surface area contributed by atoms with Gasteiger partial charge in [0.05, 0.1) is 12.6 Å². The van der Waals surface area contributed by atoms with Crippen LogP contribution in [0.1, 0.15) is 18.0 Å². The number of aliphatic carboxylic acids is 1. The SMILES string of the molecule is N[C@@H](CC(=O)O)c1cncc(O)c1. The predicted molar refractivity (Wildman–Crippen MR) is 45.1 cm³/mol. The number of hydrogen-bond donors (Lipinski definition) is 3. The van der Waals surface area contributed by atoms with Gasteiger partial charge in [-0.05, 0) is 11.6 Å². The van der Waals surface area contributed by atoms with Crippen molar-refractivity contribution in [1.82, 2.24) is 4.98 Å². The molecular formula is C8H10N2O3. The van der Waals surface area contributed by atoms with E-state index in [4.69, 9.17) is 15.9 Å². The van der Waals surface area contributed by atoms with Crippen molar-refractivity contribution in [2.75, 3.05) is 0 Å². The van der Waals surface area contributed by atoms with E-state index in [0.29, 0.717) is 5.56 Å². The average molecular weight is 182 g/mol. The first-order chi connectivity index (χ1) is 6.09. The minimum atomic E-state index is -0.976. The van der Waals surface area contributed by atoms with Crippen LogP contribution in [0.5, 0.6) is 5.75 Å².